The topological polar surface area (TPSA) is 96.5 Å². The number of hydrogen-bond donors (Lipinski definition) is 3. The molecule has 7 heteroatoms. The third kappa shape index (κ3) is 7.43. The first-order valence-corrected chi connectivity index (χ1v) is 8.32. The number of ether oxygens (including phenoxy) is 1. The maximum Gasteiger partial charge on any atom is 0.262 e. The highest BCUT2D eigenvalue weighted by molar-refractivity contribution is 5.95. The molecule has 0 unspecified atom stereocenters. The lowest BCUT2D eigenvalue weighted by molar-refractivity contribution is -0.128. The summed E-state index contributed by atoms with van der Waals surface area (Å²) in [6.45, 7) is 0. The molecule has 2 aromatic carbocycles. The van der Waals surface area contributed by atoms with E-state index in [2.05, 4.69) is 16.2 Å². The summed E-state index contributed by atoms with van der Waals surface area (Å²) in [5.74, 6) is -0.487. The zero-order chi connectivity index (χ0) is 19.5. The molecule has 3 amide bonds. The van der Waals surface area contributed by atoms with Crippen LogP contribution >= 0.6 is 0 Å². The number of hydrazine groups is 1. The lowest BCUT2D eigenvalue weighted by atomic mass is 10.2. The smallest absolute Gasteiger partial charge is 0.262 e. The molecule has 7 nitrogen and oxygen atoms in total. The first-order valence-electron chi connectivity index (χ1n) is 8.32. The minimum atomic E-state index is -0.479. The molecule has 0 radical (unpaired) electrons. The van der Waals surface area contributed by atoms with E-state index in [1.807, 2.05) is 6.07 Å². The summed E-state index contributed by atoms with van der Waals surface area (Å²) in [5, 5.41) is 2.68. The van der Waals surface area contributed by atoms with Gasteiger partial charge >= 0.3 is 0 Å². The van der Waals surface area contributed by atoms with Crippen LogP contribution in [0.2, 0.25) is 0 Å². The zero-order valence-electron chi connectivity index (χ0n) is 14.9. The number of carbonyl (C=O) groups excluding carboxylic acids is 3. The second-order valence-electron chi connectivity index (χ2n) is 5.56. The Morgan fingerprint density at radius 2 is 1.56 bits per heavy atom. The monoisotopic (exact) mass is 367 g/mol. The Morgan fingerprint density at radius 1 is 0.889 bits per heavy atom. The molecule has 0 saturated carbocycles. The van der Waals surface area contributed by atoms with Crippen LogP contribution in [0.15, 0.2) is 60.7 Å². The van der Waals surface area contributed by atoms with Crippen LogP contribution in [0.25, 0.3) is 6.08 Å². The van der Waals surface area contributed by atoms with E-state index < -0.39 is 11.8 Å². The fourth-order valence-electron chi connectivity index (χ4n) is 2.09. The zero-order valence-corrected chi connectivity index (χ0v) is 14.9. The van der Waals surface area contributed by atoms with E-state index >= 15 is 0 Å². The van der Waals surface area contributed by atoms with Crippen molar-refractivity contribution in [1.29, 1.82) is 0 Å². The molecule has 3 N–H and O–H groups in total. The third-order valence-corrected chi connectivity index (χ3v) is 3.50. The van der Waals surface area contributed by atoms with Crippen molar-refractivity contribution in [3.05, 3.63) is 66.2 Å². The molecule has 0 aliphatic rings. The van der Waals surface area contributed by atoms with E-state index in [9.17, 15) is 14.4 Å². The second kappa shape index (κ2) is 10.4. The summed E-state index contributed by atoms with van der Waals surface area (Å²) in [4.78, 5) is 35.2. The second-order valence-corrected chi connectivity index (χ2v) is 5.56. The van der Waals surface area contributed by atoms with Crippen molar-refractivity contribution in [3.8, 4) is 5.75 Å². The Labute approximate surface area is 157 Å². The standard InChI is InChI=1S/C20H21N3O4/c1-27-17-10-7-15(8-11-17)9-12-19(25)22-23-20(26)14-13-18(24)21-16-5-3-2-4-6-16/h2-12H,13-14H2,1H3,(H,21,24)(H,22,25)(H,23,26)/b12-9+. The molecule has 0 fully saturated rings. The Morgan fingerprint density at radius 3 is 2.22 bits per heavy atom. The average molecular weight is 367 g/mol. The molecule has 0 atom stereocenters. The summed E-state index contributed by atoms with van der Waals surface area (Å²) in [6, 6.07) is 16.1. The Balaban J connectivity index is 1.67. The van der Waals surface area contributed by atoms with Crippen LogP contribution in [0.1, 0.15) is 18.4 Å². The van der Waals surface area contributed by atoms with Gasteiger partial charge in [0, 0.05) is 24.6 Å². The summed E-state index contributed by atoms with van der Waals surface area (Å²) in [5.41, 5.74) is 6.01. The molecular weight excluding hydrogens is 346 g/mol. The SMILES string of the molecule is COc1ccc(/C=C/C(=O)NNC(=O)CCC(=O)Nc2ccccc2)cc1. The summed E-state index contributed by atoms with van der Waals surface area (Å²) in [6.07, 6.45) is 2.87. The Kier molecular flexibility index (Phi) is 7.59. The number of amides is 3. The minimum absolute atomic E-state index is 0.0122. The van der Waals surface area contributed by atoms with Gasteiger partial charge in [0.05, 0.1) is 7.11 Å². The summed E-state index contributed by atoms with van der Waals surface area (Å²) < 4.78 is 5.05. The predicted molar refractivity (Wildman–Crippen MR) is 103 cm³/mol. The van der Waals surface area contributed by atoms with E-state index in [4.69, 9.17) is 4.74 Å². The number of hydrogen-bond acceptors (Lipinski definition) is 4. The van der Waals surface area contributed by atoms with Crippen LogP contribution in [0.5, 0.6) is 5.75 Å². The highest BCUT2D eigenvalue weighted by atomic mass is 16.5. The van der Waals surface area contributed by atoms with Crippen molar-refractivity contribution in [3.63, 3.8) is 0 Å². The van der Waals surface area contributed by atoms with Gasteiger partial charge in [0.15, 0.2) is 0 Å². The van der Waals surface area contributed by atoms with Gasteiger partial charge in [-0.25, -0.2) is 0 Å². The molecule has 27 heavy (non-hydrogen) atoms. The maximum atomic E-state index is 11.8. The van der Waals surface area contributed by atoms with Gasteiger partial charge in [-0.15, -0.1) is 0 Å². The highest BCUT2D eigenvalue weighted by Crippen LogP contribution is 2.12. The van der Waals surface area contributed by atoms with Crippen LogP contribution in [-0.4, -0.2) is 24.8 Å². The molecular formula is C20H21N3O4. The molecule has 0 saturated heterocycles. The van der Waals surface area contributed by atoms with Crippen molar-refractivity contribution < 1.29 is 19.1 Å². The van der Waals surface area contributed by atoms with Crippen LogP contribution in [0, 0.1) is 0 Å². The number of benzene rings is 2. The highest BCUT2D eigenvalue weighted by Gasteiger charge is 2.07. The maximum absolute atomic E-state index is 11.8. The van der Waals surface area contributed by atoms with Crippen molar-refractivity contribution in [2.75, 3.05) is 12.4 Å². The number of rotatable bonds is 7. The van der Waals surface area contributed by atoms with Crippen molar-refractivity contribution in [1.82, 2.24) is 10.9 Å². The van der Waals surface area contributed by atoms with Gasteiger partial charge < -0.3 is 10.1 Å². The van der Waals surface area contributed by atoms with Crippen molar-refractivity contribution >= 4 is 29.5 Å². The quantitative estimate of drug-likeness (QED) is 0.517. The summed E-state index contributed by atoms with van der Waals surface area (Å²) in [7, 11) is 1.58. The van der Waals surface area contributed by atoms with Crippen LogP contribution in [0.3, 0.4) is 0 Å². The number of anilines is 1. The minimum Gasteiger partial charge on any atom is -0.497 e. The van der Waals surface area contributed by atoms with Crippen molar-refractivity contribution in [2.45, 2.75) is 12.8 Å². The third-order valence-electron chi connectivity index (χ3n) is 3.50. The Hall–Kier alpha value is -3.61. The van der Waals surface area contributed by atoms with Gasteiger partial charge in [-0.1, -0.05) is 30.3 Å². The number of methoxy groups -OCH3 is 1. The van der Waals surface area contributed by atoms with E-state index in [0.29, 0.717) is 5.69 Å². The van der Waals surface area contributed by atoms with Crippen LogP contribution in [0.4, 0.5) is 5.69 Å². The fourth-order valence-corrected chi connectivity index (χ4v) is 2.09. The molecule has 0 aliphatic heterocycles. The molecule has 140 valence electrons. The molecule has 0 heterocycles. The first kappa shape index (κ1) is 19.7. The number of carbonyl (C=O) groups is 3. The van der Waals surface area contributed by atoms with Gasteiger partial charge in [-0.3, -0.25) is 25.2 Å². The lowest BCUT2D eigenvalue weighted by Crippen LogP contribution is -2.41. The van der Waals surface area contributed by atoms with Gasteiger partial charge in [-0.2, -0.15) is 0 Å². The predicted octanol–water partition coefficient (Wildman–Crippen LogP) is 2.27. The number of para-hydroxylation sites is 1. The molecule has 0 spiro atoms. The molecule has 0 aliphatic carbocycles. The van der Waals surface area contributed by atoms with Crippen LogP contribution < -0.4 is 20.9 Å². The summed E-state index contributed by atoms with van der Waals surface area (Å²) >= 11 is 0. The van der Waals surface area contributed by atoms with Gasteiger partial charge in [-0.05, 0) is 35.9 Å². The largest absolute Gasteiger partial charge is 0.497 e. The van der Waals surface area contributed by atoms with E-state index in [0.717, 1.165) is 11.3 Å². The molecule has 2 aromatic rings. The van der Waals surface area contributed by atoms with E-state index in [-0.39, 0.29) is 18.7 Å². The molecule has 0 bridgehead atoms. The molecule has 0 aromatic heterocycles. The normalized spacial score (nSPS) is 10.3. The Bertz CT molecular complexity index is 802. The lowest BCUT2D eigenvalue weighted by Gasteiger charge is -2.06. The van der Waals surface area contributed by atoms with E-state index in [1.54, 1.807) is 61.7 Å². The van der Waals surface area contributed by atoms with Gasteiger partial charge in [0.25, 0.3) is 5.91 Å². The fraction of sp³-hybridized carbons (Fsp3) is 0.150. The number of nitrogens with one attached hydrogen (secondary N) is 3. The van der Waals surface area contributed by atoms with Gasteiger partial charge in [0.1, 0.15) is 5.75 Å². The molecule has 2 rings (SSSR count). The average Bonchev–Trinajstić information content (AvgIpc) is 2.70. The first-order chi connectivity index (χ1) is 13.1. The van der Waals surface area contributed by atoms with Crippen molar-refractivity contribution in [2.24, 2.45) is 0 Å². The van der Waals surface area contributed by atoms with E-state index in [1.165, 1.54) is 6.08 Å². The van der Waals surface area contributed by atoms with Gasteiger partial charge in [0.2, 0.25) is 11.8 Å². The van der Waals surface area contributed by atoms with Crippen LogP contribution in [-0.2, 0) is 14.4 Å².